The molecule has 1 aliphatic carbocycles. The van der Waals surface area contributed by atoms with E-state index < -0.39 is 0 Å². The van der Waals surface area contributed by atoms with Crippen LogP contribution in [0.3, 0.4) is 0 Å². The molecule has 1 aliphatic rings. The number of nitrogens with zero attached hydrogens (tertiary/aromatic N) is 2. The van der Waals surface area contributed by atoms with Gasteiger partial charge in [0.1, 0.15) is 11.1 Å². The van der Waals surface area contributed by atoms with Crippen LogP contribution in [0.5, 0.6) is 0 Å². The molecule has 3 heteroatoms. The van der Waals surface area contributed by atoms with E-state index in [-0.39, 0.29) is 0 Å². The lowest BCUT2D eigenvalue weighted by Crippen LogP contribution is -2.26. The van der Waals surface area contributed by atoms with Crippen molar-refractivity contribution in [2.45, 2.75) is 47.0 Å². The van der Waals surface area contributed by atoms with E-state index in [1.807, 2.05) is 18.3 Å². The van der Waals surface area contributed by atoms with Gasteiger partial charge in [-0.3, -0.25) is 0 Å². The van der Waals surface area contributed by atoms with Gasteiger partial charge in [0.25, 0.3) is 0 Å². The molecule has 2 aromatic rings. The maximum Gasteiger partial charge on any atom is 0.134 e. The van der Waals surface area contributed by atoms with Gasteiger partial charge in [-0.15, -0.1) is 11.3 Å². The summed E-state index contributed by atoms with van der Waals surface area (Å²) >= 11 is 1.71. The zero-order chi connectivity index (χ0) is 17.3. The van der Waals surface area contributed by atoms with Crippen LogP contribution in [0.1, 0.15) is 54.3 Å². The molecular formula is C21H24N2S. The van der Waals surface area contributed by atoms with Crippen molar-refractivity contribution < 1.29 is 0 Å². The number of nitriles is 1. The third-order valence-electron chi connectivity index (χ3n) is 5.09. The van der Waals surface area contributed by atoms with Crippen molar-refractivity contribution in [1.29, 1.82) is 5.26 Å². The number of rotatable bonds is 2. The molecule has 1 aromatic carbocycles. The number of fused-ring (bicyclic) bond motifs is 1. The predicted octanol–water partition coefficient (Wildman–Crippen LogP) is 5.83. The van der Waals surface area contributed by atoms with E-state index in [2.05, 4.69) is 50.9 Å². The summed E-state index contributed by atoms with van der Waals surface area (Å²) in [6, 6.07) is 10.6. The number of aryl methyl sites for hydroxylation is 1. The summed E-state index contributed by atoms with van der Waals surface area (Å²) in [5.74, 6) is 0.684. The van der Waals surface area contributed by atoms with Crippen molar-refractivity contribution in [2.75, 3.05) is 0 Å². The SMILES string of the molecule is Cc1ccccc1C=Nc1sc2c(c1C#N)CC[C@@H](C(C)(C)C)C2. The molecule has 0 saturated carbocycles. The molecule has 1 heterocycles. The number of aliphatic imine (C=N–C) groups is 1. The Labute approximate surface area is 148 Å². The maximum atomic E-state index is 9.62. The number of benzene rings is 1. The Morgan fingerprint density at radius 1 is 1.29 bits per heavy atom. The first kappa shape index (κ1) is 16.9. The molecule has 0 amide bonds. The van der Waals surface area contributed by atoms with Crippen LogP contribution in [0.15, 0.2) is 29.3 Å². The maximum absolute atomic E-state index is 9.62. The molecule has 124 valence electrons. The van der Waals surface area contributed by atoms with Crippen LogP contribution in [-0.4, -0.2) is 6.21 Å². The zero-order valence-electron chi connectivity index (χ0n) is 14.9. The second kappa shape index (κ2) is 6.53. The Bertz CT molecular complexity index is 815. The lowest BCUT2D eigenvalue weighted by molar-refractivity contribution is 0.218. The number of hydrogen-bond donors (Lipinski definition) is 0. The lowest BCUT2D eigenvalue weighted by atomic mass is 9.72. The molecular weight excluding hydrogens is 312 g/mol. The molecule has 0 saturated heterocycles. The fraction of sp³-hybridized carbons (Fsp3) is 0.429. The van der Waals surface area contributed by atoms with Gasteiger partial charge in [-0.05, 0) is 54.2 Å². The van der Waals surface area contributed by atoms with Gasteiger partial charge >= 0.3 is 0 Å². The van der Waals surface area contributed by atoms with Gasteiger partial charge in [0.05, 0.1) is 5.56 Å². The first-order valence-electron chi connectivity index (χ1n) is 8.54. The first-order valence-corrected chi connectivity index (χ1v) is 9.36. The molecule has 0 bridgehead atoms. The van der Waals surface area contributed by atoms with E-state index in [1.54, 1.807) is 11.3 Å². The average Bonchev–Trinajstić information content (AvgIpc) is 2.89. The van der Waals surface area contributed by atoms with Gasteiger partial charge in [-0.1, -0.05) is 45.0 Å². The van der Waals surface area contributed by atoms with Crippen molar-refractivity contribution in [3.63, 3.8) is 0 Å². The minimum Gasteiger partial charge on any atom is -0.244 e. The standard InChI is InChI=1S/C21H24N2S/c1-14-7-5-6-8-15(14)13-23-20-18(12-22)17-10-9-16(21(2,3)4)11-19(17)24-20/h5-8,13,16H,9-11H2,1-4H3/t16-/m1/s1. The fourth-order valence-corrected chi connectivity index (χ4v) is 4.60. The van der Waals surface area contributed by atoms with Crippen molar-refractivity contribution in [3.05, 3.63) is 51.4 Å². The fourth-order valence-electron chi connectivity index (χ4n) is 3.38. The highest BCUT2D eigenvalue weighted by Crippen LogP contribution is 2.44. The molecule has 0 unspecified atom stereocenters. The minimum absolute atomic E-state index is 0.319. The van der Waals surface area contributed by atoms with Gasteiger partial charge in [-0.2, -0.15) is 5.26 Å². The summed E-state index contributed by atoms with van der Waals surface area (Å²) in [7, 11) is 0. The van der Waals surface area contributed by atoms with Crippen LogP contribution in [0, 0.1) is 29.6 Å². The highest BCUT2D eigenvalue weighted by molar-refractivity contribution is 7.16. The van der Waals surface area contributed by atoms with Crippen LogP contribution in [-0.2, 0) is 12.8 Å². The van der Waals surface area contributed by atoms with E-state index in [9.17, 15) is 5.26 Å². The largest absolute Gasteiger partial charge is 0.244 e. The average molecular weight is 337 g/mol. The van der Waals surface area contributed by atoms with Crippen molar-refractivity contribution in [3.8, 4) is 6.07 Å². The Balaban J connectivity index is 1.93. The molecule has 0 aliphatic heterocycles. The van der Waals surface area contributed by atoms with Gasteiger partial charge in [0, 0.05) is 11.1 Å². The molecule has 3 rings (SSSR count). The van der Waals surface area contributed by atoms with Gasteiger partial charge in [0.15, 0.2) is 0 Å². The van der Waals surface area contributed by atoms with Crippen molar-refractivity contribution >= 4 is 22.6 Å². The van der Waals surface area contributed by atoms with E-state index in [0.29, 0.717) is 11.3 Å². The molecule has 24 heavy (non-hydrogen) atoms. The molecule has 1 aromatic heterocycles. The number of thiophene rings is 1. The van der Waals surface area contributed by atoms with Gasteiger partial charge in [0.2, 0.25) is 0 Å². The molecule has 0 spiro atoms. The Morgan fingerprint density at radius 2 is 2.04 bits per heavy atom. The van der Waals surface area contributed by atoms with E-state index >= 15 is 0 Å². The smallest absolute Gasteiger partial charge is 0.134 e. The third kappa shape index (κ3) is 3.30. The second-order valence-corrected chi connectivity index (χ2v) is 8.80. The highest BCUT2D eigenvalue weighted by Gasteiger charge is 2.32. The predicted molar refractivity (Wildman–Crippen MR) is 102 cm³/mol. The number of hydrogen-bond acceptors (Lipinski definition) is 3. The molecule has 1 atom stereocenters. The Morgan fingerprint density at radius 3 is 2.71 bits per heavy atom. The third-order valence-corrected chi connectivity index (χ3v) is 6.25. The normalized spacial score (nSPS) is 17.7. The summed E-state index contributed by atoms with van der Waals surface area (Å²) in [5.41, 5.74) is 4.68. The van der Waals surface area contributed by atoms with E-state index in [1.165, 1.54) is 22.4 Å². The highest BCUT2D eigenvalue weighted by atomic mass is 32.1. The van der Waals surface area contributed by atoms with Gasteiger partial charge < -0.3 is 0 Å². The van der Waals surface area contributed by atoms with E-state index in [0.717, 1.165) is 29.0 Å². The summed E-state index contributed by atoms with van der Waals surface area (Å²) < 4.78 is 0. The van der Waals surface area contributed by atoms with Crippen LogP contribution in [0.4, 0.5) is 5.00 Å². The van der Waals surface area contributed by atoms with E-state index in [4.69, 9.17) is 0 Å². The van der Waals surface area contributed by atoms with Crippen LogP contribution < -0.4 is 0 Å². The quantitative estimate of drug-likeness (QED) is 0.636. The summed E-state index contributed by atoms with van der Waals surface area (Å²) in [5, 5.41) is 10.5. The topological polar surface area (TPSA) is 36.1 Å². The summed E-state index contributed by atoms with van der Waals surface area (Å²) in [6.07, 6.45) is 5.16. The molecule has 0 radical (unpaired) electrons. The molecule has 2 nitrogen and oxygen atoms in total. The summed E-state index contributed by atoms with van der Waals surface area (Å²) in [4.78, 5) is 6.04. The van der Waals surface area contributed by atoms with Crippen molar-refractivity contribution in [2.24, 2.45) is 16.3 Å². The monoisotopic (exact) mass is 336 g/mol. The molecule has 0 fully saturated rings. The second-order valence-electron chi connectivity index (χ2n) is 7.72. The lowest BCUT2D eigenvalue weighted by Gasteiger charge is -2.33. The first-order chi connectivity index (χ1) is 11.4. The van der Waals surface area contributed by atoms with Crippen LogP contribution in [0.25, 0.3) is 0 Å². The van der Waals surface area contributed by atoms with Gasteiger partial charge in [-0.25, -0.2) is 4.99 Å². The Hall–Kier alpha value is -1.92. The van der Waals surface area contributed by atoms with Crippen LogP contribution >= 0.6 is 11.3 Å². The zero-order valence-corrected chi connectivity index (χ0v) is 15.7. The summed E-state index contributed by atoms with van der Waals surface area (Å²) in [6.45, 7) is 9.04. The van der Waals surface area contributed by atoms with Crippen molar-refractivity contribution in [1.82, 2.24) is 0 Å². The van der Waals surface area contributed by atoms with Crippen LogP contribution in [0.2, 0.25) is 0 Å². The Kier molecular flexibility index (Phi) is 4.60. The molecule has 0 N–H and O–H groups in total. The minimum atomic E-state index is 0.319.